The summed E-state index contributed by atoms with van der Waals surface area (Å²) in [5.41, 5.74) is 0.925. The number of hydrogen-bond acceptors (Lipinski definition) is 1. The number of halogens is 4. The predicted octanol–water partition coefficient (Wildman–Crippen LogP) is 5.31. The average molecular weight is 334 g/mol. The fourth-order valence-corrected chi connectivity index (χ4v) is 2.26. The van der Waals surface area contributed by atoms with Crippen molar-refractivity contribution in [1.29, 1.82) is 0 Å². The van der Waals surface area contributed by atoms with Gasteiger partial charge in [0.25, 0.3) is 0 Å². The molecule has 1 nitrogen and oxygen atoms in total. The largest absolute Gasteiger partial charge is 0.457 e. The summed E-state index contributed by atoms with van der Waals surface area (Å²) in [6.45, 7) is 0. The summed E-state index contributed by atoms with van der Waals surface area (Å²) in [5, 5.41) is 1.18. The average Bonchev–Trinajstić information content (AvgIpc) is 2.34. The Hall–Kier alpha value is -1.13. The fourth-order valence-electron chi connectivity index (χ4n) is 1.38. The van der Waals surface area contributed by atoms with Crippen LogP contribution in [0.4, 0.5) is 8.78 Å². The Balaban J connectivity index is 2.23. The van der Waals surface area contributed by atoms with Gasteiger partial charge in [0.15, 0.2) is 11.6 Å². The molecule has 0 aliphatic carbocycles. The molecule has 0 heterocycles. The van der Waals surface area contributed by atoms with Gasteiger partial charge in [0.1, 0.15) is 11.5 Å². The zero-order valence-electron chi connectivity index (χ0n) is 9.09. The molecule has 94 valence electrons. The third-order valence-corrected chi connectivity index (χ3v) is 3.25. The maximum Gasteiger partial charge on any atom is 0.162 e. The SMILES string of the molecule is Fc1ccc(Oc2ccc(CBr)c(Cl)c2)cc1F. The number of alkyl halides is 1. The van der Waals surface area contributed by atoms with Crippen LogP contribution < -0.4 is 4.74 Å². The molecule has 5 heteroatoms. The summed E-state index contributed by atoms with van der Waals surface area (Å²) < 4.78 is 31.1. The molecule has 0 saturated carbocycles. The second-order valence-electron chi connectivity index (χ2n) is 3.56. The number of ether oxygens (including phenoxy) is 1. The lowest BCUT2D eigenvalue weighted by Crippen LogP contribution is -1.89. The summed E-state index contributed by atoms with van der Waals surface area (Å²) in [4.78, 5) is 0. The second-order valence-corrected chi connectivity index (χ2v) is 4.53. The van der Waals surface area contributed by atoms with Crippen LogP contribution in [-0.2, 0) is 5.33 Å². The van der Waals surface area contributed by atoms with E-state index in [0.29, 0.717) is 16.1 Å². The van der Waals surface area contributed by atoms with E-state index in [4.69, 9.17) is 16.3 Å². The van der Waals surface area contributed by atoms with Crippen molar-refractivity contribution in [2.45, 2.75) is 5.33 Å². The van der Waals surface area contributed by atoms with Crippen LogP contribution in [0.1, 0.15) is 5.56 Å². The summed E-state index contributed by atoms with van der Waals surface area (Å²) in [5.74, 6) is -1.17. The zero-order valence-corrected chi connectivity index (χ0v) is 11.4. The lowest BCUT2D eigenvalue weighted by Gasteiger charge is -2.08. The molecule has 0 radical (unpaired) electrons. The molecule has 0 aromatic heterocycles. The van der Waals surface area contributed by atoms with Crippen LogP contribution in [-0.4, -0.2) is 0 Å². The van der Waals surface area contributed by atoms with E-state index in [1.807, 2.05) is 0 Å². The Bertz CT molecular complexity index is 575. The standard InChI is InChI=1S/C13H8BrClF2O/c14-7-8-1-2-9(5-11(8)15)18-10-3-4-12(16)13(17)6-10/h1-6H,7H2. The van der Waals surface area contributed by atoms with Crippen molar-refractivity contribution in [3.63, 3.8) is 0 Å². The second kappa shape index (κ2) is 5.67. The summed E-state index contributed by atoms with van der Waals surface area (Å²) in [7, 11) is 0. The van der Waals surface area contributed by atoms with Crippen molar-refractivity contribution in [1.82, 2.24) is 0 Å². The highest BCUT2D eigenvalue weighted by Gasteiger charge is 2.06. The molecule has 18 heavy (non-hydrogen) atoms. The molecular formula is C13H8BrClF2O. The van der Waals surface area contributed by atoms with Crippen LogP contribution in [0.3, 0.4) is 0 Å². The van der Waals surface area contributed by atoms with Crippen LogP contribution in [0.5, 0.6) is 11.5 Å². The van der Waals surface area contributed by atoms with E-state index in [0.717, 1.165) is 17.7 Å². The van der Waals surface area contributed by atoms with Crippen molar-refractivity contribution in [2.24, 2.45) is 0 Å². The molecule has 0 unspecified atom stereocenters. The molecule has 0 spiro atoms. The van der Waals surface area contributed by atoms with Crippen molar-refractivity contribution < 1.29 is 13.5 Å². The molecule has 2 aromatic carbocycles. The molecule has 0 bridgehead atoms. The third-order valence-electron chi connectivity index (χ3n) is 2.30. The first kappa shape index (κ1) is 13.3. The highest BCUT2D eigenvalue weighted by molar-refractivity contribution is 9.08. The van der Waals surface area contributed by atoms with Crippen LogP contribution >= 0.6 is 27.5 Å². The molecule has 0 aliphatic rings. The van der Waals surface area contributed by atoms with E-state index in [-0.39, 0.29) is 5.75 Å². The van der Waals surface area contributed by atoms with Crippen LogP contribution in [0, 0.1) is 11.6 Å². The van der Waals surface area contributed by atoms with Gasteiger partial charge in [-0.15, -0.1) is 0 Å². The molecule has 0 amide bonds. The Kier molecular flexibility index (Phi) is 4.19. The molecule has 2 aromatic rings. The van der Waals surface area contributed by atoms with Crippen molar-refractivity contribution in [3.05, 3.63) is 58.6 Å². The van der Waals surface area contributed by atoms with E-state index in [1.165, 1.54) is 6.07 Å². The highest BCUT2D eigenvalue weighted by atomic mass is 79.9. The van der Waals surface area contributed by atoms with Gasteiger partial charge in [-0.3, -0.25) is 0 Å². The fraction of sp³-hybridized carbons (Fsp3) is 0.0769. The maximum atomic E-state index is 13.0. The van der Waals surface area contributed by atoms with E-state index in [9.17, 15) is 8.78 Å². The van der Waals surface area contributed by atoms with Crippen LogP contribution in [0.2, 0.25) is 5.02 Å². The topological polar surface area (TPSA) is 9.23 Å². The van der Waals surface area contributed by atoms with Crippen molar-refractivity contribution in [3.8, 4) is 11.5 Å². The Labute approximate surface area is 116 Å². The Morgan fingerprint density at radius 3 is 2.28 bits per heavy atom. The van der Waals surface area contributed by atoms with E-state index < -0.39 is 11.6 Å². The van der Waals surface area contributed by atoms with Gasteiger partial charge in [0, 0.05) is 16.4 Å². The summed E-state index contributed by atoms with van der Waals surface area (Å²) in [6.07, 6.45) is 0. The number of hydrogen-bond donors (Lipinski definition) is 0. The summed E-state index contributed by atoms with van der Waals surface area (Å²) in [6, 6.07) is 8.49. The lowest BCUT2D eigenvalue weighted by molar-refractivity contribution is 0.461. The van der Waals surface area contributed by atoms with Gasteiger partial charge in [-0.05, 0) is 29.8 Å². The molecule has 0 N–H and O–H groups in total. The first-order valence-electron chi connectivity index (χ1n) is 5.07. The minimum atomic E-state index is -0.948. The quantitative estimate of drug-likeness (QED) is 0.692. The Morgan fingerprint density at radius 2 is 1.67 bits per heavy atom. The highest BCUT2D eigenvalue weighted by Crippen LogP contribution is 2.28. The molecule has 0 aliphatic heterocycles. The normalized spacial score (nSPS) is 10.4. The lowest BCUT2D eigenvalue weighted by atomic mass is 10.2. The molecule has 0 fully saturated rings. The van der Waals surface area contributed by atoms with Crippen molar-refractivity contribution >= 4 is 27.5 Å². The van der Waals surface area contributed by atoms with E-state index in [2.05, 4.69) is 15.9 Å². The van der Waals surface area contributed by atoms with Crippen LogP contribution in [0.25, 0.3) is 0 Å². The molecule has 0 atom stereocenters. The maximum absolute atomic E-state index is 13.0. The molecular weight excluding hydrogens is 325 g/mol. The van der Waals surface area contributed by atoms with E-state index >= 15 is 0 Å². The number of rotatable bonds is 3. The van der Waals surface area contributed by atoms with Gasteiger partial charge in [0.05, 0.1) is 0 Å². The van der Waals surface area contributed by atoms with Gasteiger partial charge < -0.3 is 4.74 Å². The third kappa shape index (κ3) is 3.00. The smallest absolute Gasteiger partial charge is 0.162 e. The van der Waals surface area contributed by atoms with Gasteiger partial charge in [-0.2, -0.15) is 0 Å². The first-order chi connectivity index (χ1) is 8.60. The predicted molar refractivity (Wildman–Crippen MR) is 70.5 cm³/mol. The van der Waals surface area contributed by atoms with Crippen LogP contribution in [0.15, 0.2) is 36.4 Å². The zero-order chi connectivity index (χ0) is 13.1. The summed E-state index contributed by atoms with van der Waals surface area (Å²) >= 11 is 9.31. The minimum absolute atomic E-state index is 0.219. The Morgan fingerprint density at radius 1 is 1.00 bits per heavy atom. The minimum Gasteiger partial charge on any atom is -0.457 e. The van der Waals surface area contributed by atoms with Gasteiger partial charge >= 0.3 is 0 Å². The van der Waals surface area contributed by atoms with E-state index in [1.54, 1.807) is 18.2 Å². The van der Waals surface area contributed by atoms with Crippen molar-refractivity contribution in [2.75, 3.05) is 0 Å². The first-order valence-corrected chi connectivity index (χ1v) is 6.57. The molecule has 2 rings (SSSR count). The van der Waals surface area contributed by atoms with Gasteiger partial charge in [-0.25, -0.2) is 8.78 Å². The van der Waals surface area contributed by atoms with Gasteiger partial charge in [-0.1, -0.05) is 33.6 Å². The monoisotopic (exact) mass is 332 g/mol. The number of benzene rings is 2. The molecule has 0 saturated heterocycles. The van der Waals surface area contributed by atoms with Gasteiger partial charge in [0.2, 0.25) is 0 Å².